The number of carbonyl (C=O) groups excluding carboxylic acids is 1. The maximum absolute atomic E-state index is 12.0. The normalized spacial score (nSPS) is 11.3. The van der Waals surface area contributed by atoms with Gasteiger partial charge in [0.1, 0.15) is 0 Å². The van der Waals surface area contributed by atoms with E-state index < -0.39 is 5.91 Å². The largest absolute Gasteiger partial charge is 0.380 e. The maximum Gasteiger partial charge on any atom is 0.249 e. The van der Waals surface area contributed by atoms with Gasteiger partial charge in [0.25, 0.3) is 0 Å². The number of hydrogen-bond donors (Lipinski definition) is 1. The SMILES string of the molecule is COCc1ccc2c3c(C(N)=O)cccc3n(Cc3ccccc3)c2c1. The minimum Gasteiger partial charge on any atom is -0.380 e. The number of methoxy groups -OCH3 is 1. The van der Waals surface area contributed by atoms with Crippen molar-refractivity contribution in [3.05, 3.63) is 83.4 Å². The number of rotatable bonds is 5. The summed E-state index contributed by atoms with van der Waals surface area (Å²) in [6, 6.07) is 22.2. The second-order valence-electron chi connectivity index (χ2n) is 6.42. The van der Waals surface area contributed by atoms with Crippen molar-refractivity contribution in [2.24, 2.45) is 5.73 Å². The molecule has 0 saturated heterocycles. The minimum absolute atomic E-state index is 0.407. The number of aromatic nitrogens is 1. The van der Waals surface area contributed by atoms with Crippen LogP contribution in [0.4, 0.5) is 0 Å². The lowest BCUT2D eigenvalue weighted by Crippen LogP contribution is -2.11. The van der Waals surface area contributed by atoms with Crippen LogP contribution in [0, 0.1) is 0 Å². The number of ether oxygens (including phenoxy) is 1. The Kier molecular flexibility index (Phi) is 4.19. The fourth-order valence-electron chi connectivity index (χ4n) is 3.59. The molecule has 26 heavy (non-hydrogen) atoms. The van der Waals surface area contributed by atoms with Crippen molar-refractivity contribution in [3.63, 3.8) is 0 Å². The number of hydrogen-bond acceptors (Lipinski definition) is 2. The third-order valence-corrected chi connectivity index (χ3v) is 4.72. The molecule has 4 rings (SSSR count). The number of primary amides is 1. The number of nitrogens with zero attached hydrogens (tertiary/aromatic N) is 1. The molecule has 4 heteroatoms. The van der Waals surface area contributed by atoms with Crippen LogP contribution in [-0.2, 0) is 17.9 Å². The zero-order chi connectivity index (χ0) is 18.1. The Hall–Kier alpha value is -3.11. The van der Waals surface area contributed by atoms with E-state index in [4.69, 9.17) is 10.5 Å². The zero-order valence-corrected chi connectivity index (χ0v) is 14.6. The molecular weight excluding hydrogens is 324 g/mol. The molecule has 0 unspecified atom stereocenters. The Morgan fingerprint density at radius 2 is 1.77 bits per heavy atom. The van der Waals surface area contributed by atoms with Gasteiger partial charge >= 0.3 is 0 Å². The van der Waals surface area contributed by atoms with Crippen LogP contribution in [0.5, 0.6) is 0 Å². The highest BCUT2D eigenvalue weighted by Crippen LogP contribution is 2.33. The second kappa shape index (κ2) is 6.65. The predicted molar refractivity (Wildman–Crippen MR) is 104 cm³/mol. The van der Waals surface area contributed by atoms with Gasteiger partial charge in [-0.15, -0.1) is 0 Å². The van der Waals surface area contributed by atoms with Crippen LogP contribution in [-0.4, -0.2) is 17.6 Å². The average Bonchev–Trinajstić information content (AvgIpc) is 2.96. The van der Waals surface area contributed by atoms with Crippen LogP contribution in [0.3, 0.4) is 0 Å². The Morgan fingerprint density at radius 3 is 2.50 bits per heavy atom. The van der Waals surface area contributed by atoms with Gasteiger partial charge < -0.3 is 15.0 Å². The molecule has 1 heterocycles. The molecule has 0 radical (unpaired) electrons. The number of benzene rings is 3. The molecule has 0 spiro atoms. The molecule has 4 nitrogen and oxygen atoms in total. The molecule has 0 atom stereocenters. The molecule has 0 aliphatic carbocycles. The lowest BCUT2D eigenvalue weighted by atomic mass is 10.0. The predicted octanol–water partition coefficient (Wildman–Crippen LogP) is 4.09. The molecule has 3 aromatic carbocycles. The highest BCUT2D eigenvalue weighted by atomic mass is 16.5. The zero-order valence-electron chi connectivity index (χ0n) is 14.6. The molecule has 0 saturated carbocycles. The molecule has 1 amide bonds. The molecule has 4 aromatic rings. The summed E-state index contributed by atoms with van der Waals surface area (Å²) in [6.07, 6.45) is 0. The summed E-state index contributed by atoms with van der Waals surface area (Å²) >= 11 is 0. The topological polar surface area (TPSA) is 57.2 Å². The van der Waals surface area contributed by atoms with Gasteiger partial charge in [0.15, 0.2) is 0 Å². The molecule has 2 N–H and O–H groups in total. The molecule has 130 valence electrons. The Bertz CT molecular complexity index is 1100. The van der Waals surface area contributed by atoms with Crippen molar-refractivity contribution in [2.75, 3.05) is 7.11 Å². The smallest absolute Gasteiger partial charge is 0.249 e. The Labute approximate surface area is 151 Å². The first-order valence-electron chi connectivity index (χ1n) is 8.55. The van der Waals surface area contributed by atoms with E-state index >= 15 is 0 Å². The van der Waals surface area contributed by atoms with Crippen LogP contribution in [0.1, 0.15) is 21.5 Å². The van der Waals surface area contributed by atoms with Crippen LogP contribution in [0.25, 0.3) is 21.8 Å². The highest BCUT2D eigenvalue weighted by molar-refractivity contribution is 6.17. The van der Waals surface area contributed by atoms with Crippen LogP contribution in [0.15, 0.2) is 66.7 Å². The van der Waals surface area contributed by atoms with E-state index in [-0.39, 0.29) is 0 Å². The number of fused-ring (bicyclic) bond motifs is 3. The van der Waals surface area contributed by atoms with E-state index in [1.807, 2.05) is 36.4 Å². The molecule has 0 aliphatic rings. The molecule has 0 aliphatic heterocycles. The van der Waals surface area contributed by atoms with Crippen molar-refractivity contribution in [3.8, 4) is 0 Å². The van der Waals surface area contributed by atoms with Crippen LogP contribution in [0.2, 0.25) is 0 Å². The summed E-state index contributed by atoms with van der Waals surface area (Å²) in [5.41, 5.74) is 10.6. The number of carbonyl (C=O) groups is 1. The van der Waals surface area contributed by atoms with Gasteiger partial charge in [-0.25, -0.2) is 0 Å². The standard InChI is InChI=1S/C22H20N2O2/c1-26-14-16-10-11-17-20(12-16)24(13-15-6-3-2-4-7-15)19-9-5-8-18(21(17)19)22(23)25/h2-12H,13-14H2,1H3,(H2,23,25). The van der Waals surface area contributed by atoms with Crippen molar-refractivity contribution in [1.29, 1.82) is 0 Å². The van der Waals surface area contributed by atoms with Gasteiger partial charge in [-0.3, -0.25) is 4.79 Å². The molecule has 1 aromatic heterocycles. The van der Waals surface area contributed by atoms with Crippen molar-refractivity contribution >= 4 is 27.7 Å². The van der Waals surface area contributed by atoms with Crippen molar-refractivity contribution in [2.45, 2.75) is 13.2 Å². The van der Waals surface area contributed by atoms with Crippen LogP contribution < -0.4 is 5.73 Å². The van der Waals surface area contributed by atoms with Gasteiger partial charge in [-0.05, 0) is 29.3 Å². The van der Waals surface area contributed by atoms with E-state index in [0.29, 0.717) is 12.2 Å². The van der Waals surface area contributed by atoms with Gasteiger partial charge in [0, 0.05) is 35.5 Å². The summed E-state index contributed by atoms with van der Waals surface area (Å²) in [7, 11) is 1.69. The molecular formula is C22H20N2O2. The minimum atomic E-state index is -0.407. The van der Waals surface area contributed by atoms with Crippen molar-refractivity contribution in [1.82, 2.24) is 4.57 Å². The van der Waals surface area contributed by atoms with Gasteiger partial charge in [0.2, 0.25) is 5.91 Å². The second-order valence-corrected chi connectivity index (χ2v) is 6.42. The Morgan fingerprint density at radius 1 is 0.962 bits per heavy atom. The van der Waals surface area contributed by atoms with Crippen LogP contribution >= 0.6 is 0 Å². The lowest BCUT2D eigenvalue weighted by Gasteiger charge is -2.09. The van der Waals surface area contributed by atoms with E-state index in [1.54, 1.807) is 13.2 Å². The average molecular weight is 344 g/mol. The maximum atomic E-state index is 12.0. The summed E-state index contributed by atoms with van der Waals surface area (Å²) in [5.74, 6) is -0.407. The summed E-state index contributed by atoms with van der Waals surface area (Å²) in [6.45, 7) is 1.27. The molecule has 0 fully saturated rings. The van der Waals surface area contributed by atoms with Crippen molar-refractivity contribution < 1.29 is 9.53 Å². The number of nitrogens with two attached hydrogens (primary N) is 1. The first kappa shape index (κ1) is 16.4. The monoisotopic (exact) mass is 344 g/mol. The lowest BCUT2D eigenvalue weighted by molar-refractivity contribution is 0.100. The third-order valence-electron chi connectivity index (χ3n) is 4.72. The number of amides is 1. The quantitative estimate of drug-likeness (QED) is 0.593. The Balaban J connectivity index is 2.03. The van der Waals surface area contributed by atoms with E-state index in [2.05, 4.69) is 28.8 Å². The summed E-state index contributed by atoms with van der Waals surface area (Å²) in [4.78, 5) is 12.0. The van der Waals surface area contributed by atoms with E-state index in [1.165, 1.54) is 5.56 Å². The van der Waals surface area contributed by atoms with E-state index in [9.17, 15) is 4.79 Å². The molecule has 0 bridgehead atoms. The summed E-state index contributed by atoms with van der Waals surface area (Å²) in [5, 5.41) is 1.94. The first-order valence-corrected chi connectivity index (χ1v) is 8.55. The van der Waals surface area contributed by atoms with Gasteiger partial charge in [-0.2, -0.15) is 0 Å². The third kappa shape index (κ3) is 2.74. The van der Waals surface area contributed by atoms with Gasteiger partial charge in [-0.1, -0.05) is 48.5 Å². The first-order chi connectivity index (χ1) is 12.7. The summed E-state index contributed by atoms with van der Waals surface area (Å²) < 4.78 is 7.53. The fraction of sp³-hybridized carbons (Fsp3) is 0.136. The van der Waals surface area contributed by atoms with Gasteiger partial charge in [0.05, 0.1) is 12.1 Å². The van der Waals surface area contributed by atoms with E-state index in [0.717, 1.165) is 33.9 Å². The fourth-order valence-corrected chi connectivity index (χ4v) is 3.59. The highest BCUT2D eigenvalue weighted by Gasteiger charge is 2.16.